The van der Waals surface area contributed by atoms with Crippen molar-refractivity contribution in [1.82, 2.24) is 4.98 Å². The molecule has 4 rings (SSSR count). The molecule has 6 nitrogen and oxygen atoms in total. The molecule has 0 saturated heterocycles. The molecule has 2 aromatic carbocycles. The highest BCUT2D eigenvalue weighted by atomic mass is 32.1. The predicted molar refractivity (Wildman–Crippen MR) is 108 cm³/mol. The molecule has 0 saturated carbocycles. The van der Waals surface area contributed by atoms with E-state index in [0.717, 1.165) is 16.7 Å². The van der Waals surface area contributed by atoms with Gasteiger partial charge in [-0.25, -0.2) is 9.78 Å². The van der Waals surface area contributed by atoms with Crippen LogP contribution in [0.3, 0.4) is 0 Å². The Hall–Kier alpha value is -3.45. The lowest BCUT2D eigenvalue weighted by atomic mass is 10.1. The van der Waals surface area contributed by atoms with Crippen LogP contribution in [0.4, 0.5) is 5.13 Å². The van der Waals surface area contributed by atoms with Gasteiger partial charge in [-0.05, 0) is 42.0 Å². The Morgan fingerprint density at radius 2 is 2.00 bits per heavy atom. The highest BCUT2D eigenvalue weighted by Crippen LogP contribution is 2.25. The number of hydrogen-bond acceptors (Lipinski definition) is 7. The topological polar surface area (TPSA) is 76.7 Å². The van der Waals surface area contributed by atoms with Gasteiger partial charge in [-0.2, -0.15) is 5.10 Å². The number of thiazole rings is 1. The van der Waals surface area contributed by atoms with Crippen molar-refractivity contribution in [2.75, 3.05) is 12.5 Å². The lowest BCUT2D eigenvalue weighted by molar-refractivity contribution is 0.415. The number of fused-ring (bicyclic) bond motifs is 1. The van der Waals surface area contributed by atoms with Crippen LogP contribution in [0.15, 0.2) is 74.3 Å². The van der Waals surface area contributed by atoms with E-state index < -0.39 is 5.63 Å². The predicted octanol–water partition coefficient (Wildman–Crippen LogP) is 4.37. The molecule has 0 unspecified atom stereocenters. The molecule has 27 heavy (non-hydrogen) atoms. The van der Waals surface area contributed by atoms with Crippen LogP contribution in [-0.4, -0.2) is 18.3 Å². The molecular formula is C20H15N3O3S. The largest absolute Gasteiger partial charge is 0.497 e. The van der Waals surface area contributed by atoms with Crippen LogP contribution in [0.5, 0.6) is 5.75 Å². The van der Waals surface area contributed by atoms with Gasteiger partial charge in [0, 0.05) is 10.8 Å². The van der Waals surface area contributed by atoms with E-state index in [0.29, 0.717) is 22.0 Å². The van der Waals surface area contributed by atoms with E-state index in [9.17, 15) is 4.79 Å². The summed E-state index contributed by atoms with van der Waals surface area (Å²) in [5.41, 5.74) is 4.94. The molecule has 0 atom stereocenters. The molecule has 7 heteroatoms. The van der Waals surface area contributed by atoms with E-state index in [2.05, 4.69) is 15.5 Å². The summed E-state index contributed by atoms with van der Waals surface area (Å²) in [6.07, 6.45) is 1.69. The van der Waals surface area contributed by atoms with E-state index in [1.54, 1.807) is 30.8 Å². The molecule has 2 heterocycles. The number of rotatable bonds is 5. The zero-order valence-corrected chi connectivity index (χ0v) is 15.2. The first-order valence-corrected chi connectivity index (χ1v) is 9.03. The summed E-state index contributed by atoms with van der Waals surface area (Å²) in [4.78, 5) is 16.7. The Morgan fingerprint density at radius 1 is 1.19 bits per heavy atom. The van der Waals surface area contributed by atoms with E-state index in [1.165, 1.54) is 11.3 Å². The Kier molecular flexibility index (Phi) is 4.67. The molecule has 2 aromatic heterocycles. The zero-order valence-electron chi connectivity index (χ0n) is 14.4. The van der Waals surface area contributed by atoms with E-state index >= 15 is 0 Å². The summed E-state index contributed by atoms with van der Waals surface area (Å²) in [5, 5.41) is 7.41. The van der Waals surface area contributed by atoms with Gasteiger partial charge in [0.1, 0.15) is 11.3 Å². The van der Waals surface area contributed by atoms with E-state index in [1.807, 2.05) is 42.5 Å². The third-order valence-corrected chi connectivity index (χ3v) is 4.66. The van der Waals surface area contributed by atoms with Crippen molar-refractivity contribution in [2.24, 2.45) is 5.10 Å². The quantitative estimate of drug-likeness (QED) is 0.317. The average Bonchev–Trinajstić information content (AvgIpc) is 3.16. The highest BCUT2D eigenvalue weighted by Gasteiger charge is 2.11. The molecule has 0 bridgehead atoms. The lowest BCUT2D eigenvalue weighted by Gasteiger charge is -1.99. The molecule has 0 spiro atoms. The average molecular weight is 377 g/mol. The summed E-state index contributed by atoms with van der Waals surface area (Å²) in [5.74, 6) is 0.791. The van der Waals surface area contributed by atoms with Gasteiger partial charge in [0.25, 0.3) is 0 Å². The summed E-state index contributed by atoms with van der Waals surface area (Å²) in [6, 6.07) is 16.7. The smallest absolute Gasteiger partial charge is 0.345 e. The molecule has 0 radical (unpaired) electrons. The number of anilines is 1. The number of methoxy groups -OCH3 is 1. The maximum atomic E-state index is 12.2. The van der Waals surface area contributed by atoms with Crippen LogP contribution in [0.2, 0.25) is 0 Å². The number of para-hydroxylation sites is 1. The number of hydrazone groups is 1. The van der Waals surface area contributed by atoms with Crippen LogP contribution in [0, 0.1) is 0 Å². The van der Waals surface area contributed by atoms with Crippen LogP contribution < -0.4 is 15.8 Å². The minimum atomic E-state index is -0.410. The first-order valence-electron chi connectivity index (χ1n) is 8.15. The van der Waals surface area contributed by atoms with E-state index in [-0.39, 0.29) is 0 Å². The van der Waals surface area contributed by atoms with Crippen molar-refractivity contribution >= 4 is 33.7 Å². The zero-order chi connectivity index (χ0) is 18.6. The first kappa shape index (κ1) is 17.0. The number of nitrogens with one attached hydrogen (secondary N) is 1. The number of aromatic nitrogens is 1. The van der Waals surface area contributed by atoms with Gasteiger partial charge in [-0.3, -0.25) is 5.43 Å². The van der Waals surface area contributed by atoms with Gasteiger partial charge in [0.05, 0.1) is 24.6 Å². The summed E-state index contributed by atoms with van der Waals surface area (Å²) < 4.78 is 10.5. The summed E-state index contributed by atoms with van der Waals surface area (Å²) >= 11 is 1.36. The first-order chi connectivity index (χ1) is 13.2. The van der Waals surface area contributed by atoms with Crippen molar-refractivity contribution in [3.63, 3.8) is 0 Å². The lowest BCUT2D eigenvalue weighted by Crippen LogP contribution is -2.02. The fourth-order valence-electron chi connectivity index (χ4n) is 2.54. The second-order valence-electron chi connectivity index (χ2n) is 5.67. The van der Waals surface area contributed by atoms with Crippen molar-refractivity contribution in [3.05, 3.63) is 76.0 Å². The third kappa shape index (κ3) is 3.73. The standard InChI is InChI=1S/C20H15N3O3S/c1-25-15-8-6-13(7-9-15)11-21-23-20-22-17(12-27-20)16-10-14-4-2-3-5-18(14)26-19(16)24/h2-12H,1H3,(H,22,23)/b21-11-. The molecule has 0 aliphatic carbocycles. The second kappa shape index (κ2) is 7.43. The summed E-state index contributed by atoms with van der Waals surface area (Å²) in [6.45, 7) is 0. The van der Waals surface area contributed by atoms with Crippen molar-refractivity contribution in [1.29, 1.82) is 0 Å². The van der Waals surface area contributed by atoms with Crippen molar-refractivity contribution in [3.8, 4) is 17.0 Å². The minimum Gasteiger partial charge on any atom is -0.497 e. The maximum Gasteiger partial charge on any atom is 0.345 e. The number of nitrogens with zero attached hydrogens (tertiary/aromatic N) is 2. The molecule has 0 aliphatic heterocycles. The van der Waals surface area contributed by atoms with Crippen LogP contribution in [0.25, 0.3) is 22.2 Å². The minimum absolute atomic E-state index is 0.410. The van der Waals surface area contributed by atoms with Gasteiger partial charge >= 0.3 is 5.63 Å². The Morgan fingerprint density at radius 3 is 2.81 bits per heavy atom. The molecule has 1 N–H and O–H groups in total. The molecule has 134 valence electrons. The van der Waals surface area contributed by atoms with Crippen LogP contribution >= 0.6 is 11.3 Å². The van der Waals surface area contributed by atoms with Gasteiger partial charge in [0.15, 0.2) is 0 Å². The van der Waals surface area contributed by atoms with E-state index in [4.69, 9.17) is 9.15 Å². The van der Waals surface area contributed by atoms with Crippen LogP contribution in [0.1, 0.15) is 5.56 Å². The maximum absolute atomic E-state index is 12.2. The monoisotopic (exact) mass is 377 g/mol. The normalized spacial score (nSPS) is 11.1. The van der Waals surface area contributed by atoms with Gasteiger partial charge in [0.2, 0.25) is 5.13 Å². The van der Waals surface area contributed by atoms with Crippen molar-refractivity contribution < 1.29 is 9.15 Å². The number of benzene rings is 2. The number of ether oxygens (including phenoxy) is 1. The highest BCUT2D eigenvalue weighted by molar-refractivity contribution is 7.14. The van der Waals surface area contributed by atoms with Crippen molar-refractivity contribution in [2.45, 2.75) is 0 Å². The van der Waals surface area contributed by atoms with Crippen LogP contribution in [-0.2, 0) is 0 Å². The third-order valence-electron chi connectivity index (χ3n) is 3.91. The Balaban J connectivity index is 1.52. The fourth-order valence-corrected chi connectivity index (χ4v) is 3.20. The Labute approximate surface area is 158 Å². The fraction of sp³-hybridized carbons (Fsp3) is 0.0500. The molecular weight excluding hydrogens is 362 g/mol. The SMILES string of the molecule is COc1ccc(/C=N\Nc2nc(-c3cc4ccccc4oc3=O)cs2)cc1. The van der Waals surface area contributed by atoms with Gasteiger partial charge < -0.3 is 9.15 Å². The summed E-state index contributed by atoms with van der Waals surface area (Å²) in [7, 11) is 1.63. The van der Waals surface area contributed by atoms with Gasteiger partial charge in [-0.1, -0.05) is 18.2 Å². The molecule has 4 aromatic rings. The molecule has 0 aliphatic rings. The molecule has 0 amide bonds. The second-order valence-corrected chi connectivity index (χ2v) is 6.52. The van der Waals surface area contributed by atoms with Gasteiger partial charge in [-0.15, -0.1) is 11.3 Å². The number of hydrogen-bond donors (Lipinski definition) is 1. The molecule has 0 fully saturated rings. The Bertz CT molecular complexity index is 1160.